The molecule has 5 heteroatoms. The van der Waals surface area contributed by atoms with E-state index in [2.05, 4.69) is 35.8 Å². The summed E-state index contributed by atoms with van der Waals surface area (Å²) in [6.45, 7) is 11.1. The van der Waals surface area contributed by atoms with E-state index in [1.54, 1.807) is 12.1 Å². The molecule has 3 rings (SSSR count). The van der Waals surface area contributed by atoms with Gasteiger partial charge in [-0.1, -0.05) is 38.3 Å². The third kappa shape index (κ3) is 7.05. The number of nitrogens with zero attached hydrogens (tertiary/aromatic N) is 3. The molecule has 0 bridgehead atoms. The molecule has 0 amide bonds. The smallest absolute Gasteiger partial charge is 0.123 e. The average molecular weight is 438 g/mol. The summed E-state index contributed by atoms with van der Waals surface area (Å²) >= 11 is 0. The molecule has 1 saturated heterocycles. The molecule has 1 atom stereocenters. The summed E-state index contributed by atoms with van der Waals surface area (Å²) in [6, 6.07) is 14.7. The normalized spacial score (nSPS) is 15.9. The van der Waals surface area contributed by atoms with Gasteiger partial charge in [0.25, 0.3) is 0 Å². The fourth-order valence-corrected chi connectivity index (χ4v) is 4.53. The second kappa shape index (κ2) is 12.6. The van der Waals surface area contributed by atoms with Gasteiger partial charge in [0.2, 0.25) is 0 Å². The maximum absolute atomic E-state index is 13.0. The fraction of sp³-hybridized carbons (Fsp3) is 0.519. The quantitative estimate of drug-likeness (QED) is 0.443. The van der Waals surface area contributed by atoms with Gasteiger partial charge < -0.3 is 9.64 Å². The number of ether oxygens (including phenoxy) is 1. The van der Waals surface area contributed by atoms with E-state index in [9.17, 15) is 9.65 Å². The second-order valence-electron chi connectivity index (χ2n) is 8.77. The van der Waals surface area contributed by atoms with Crippen LogP contribution in [0.4, 0.5) is 4.39 Å². The van der Waals surface area contributed by atoms with Crippen LogP contribution in [0.25, 0.3) is 0 Å². The maximum atomic E-state index is 13.0. The first-order valence-electron chi connectivity index (χ1n) is 11.9. The molecule has 2 aromatic rings. The monoisotopic (exact) mass is 437 g/mol. The van der Waals surface area contributed by atoms with Crippen molar-refractivity contribution in [1.82, 2.24) is 9.80 Å². The van der Waals surface area contributed by atoms with Crippen molar-refractivity contribution in [3.63, 3.8) is 0 Å². The Labute approximate surface area is 192 Å². The third-order valence-corrected chi connectivity index (χ3v) is 6.53. The zero-order chi connectivity index (χ0) is 22.8. The summed E-state index contributed by atoms with van der Waals surface area (Å²) in [5.41, 5.74) is 3.29. The van der Waals surface area contributed by atoms with Gasteiger partial charge in [0.1, 0.15) is 18.2 Å². The molecule has 0 aromatic heterocycles. The Kier molecular flexibility index (Phi) is 9.52. The van der Waals surface area contributed by atoms with Crippen molar-refractivity contribution in [3.8, 4) is 11.8 Å². The average Bonchev–Trinajstić information content (AvgIpc) is 2.81. The van der Waals surface area contributed by atoms with E-state index in [4.69, 9.17) is 4.74 Å². The zero-order valence-corrected chi connectivity index (χ0v) is 19.5. The number of nitriles is 1. The molecule has 0 N–H and O–H groups in total. The second-order valence-corrected chi connectivity index (χ2v) is 8.77. The van der Waals surface area contributed by atoms with Crippen LogP contribution in [0.3, 0.4) is 0 Å². The van der Waals surface area contributed by atoms with Crippen molar-refractivity contribution in [3.05, 3.63) is 65.0 Å². The number of piperazine rings is 1. The number of rotatable bonds is 11. The van der Waals surface area contributed by atoms with Crippen LogP contribution in [-0.2, 0) is 0 Å². The molecular formula is C27H36FN3O. The highest BCUT2D eigenvalue weighted by atomic mass is 19.1. The van der Waals surface area contributed by atoms with E-state index >= 15 is 0 Å². The summed E-state index contributed by atoms with van der Waals surface area (Å²) in [7, 11) is 0. The lowest BCUT2D eigenvalue weighted by molar-refractivity contribution is 0.111. The molecule has 1 unspecified atom stereocenters. The van der Waals surface area contributed by atoms with Gasteiger partial charge in [-0.05, 0) is 60.7 Å². The SMILES string of the molecule is CCCCCC(CN1CCN(CCOc2ccc(F)cc2)CC1)c1cccc(C#N)c1C. The van der Waals surface area contributed by atoms with Crippen molar-refractivity contribution >= 4 is 0 Å². The summed E-state index contributed by atoms with van der Waals surface area (Å²) in [5.74, 6) is 0.953. The summed E-state index contributed by atoms with van der Waals surface area (Å²) in [4.78, 5) is 5.01. The van der Waals surface area contributed by atoms with Gasteiger partial charge in [0.15, 0.2) is 0 Å². The molecule has 1 aliphatic rings. The number of hydrogen-bond donors (Lipinski definition) is 0. The van der Waals surface area contributed by atoms with Crippen LogP contribution in [0.15, 0.2) is 42.5 Å². The van der Waals surface area contributed by atoms with Gasteiger partial charge in [-0.15, -0.1) is 0 Å². The minimum Gasteiger partial charge on any atom is -0.492 e. The molecule has 1 heterocycles. The van der Waals surface area contributed by atoms with E-state index < -0.39 is 0 Å². The molecular weight excluding hydrogens is 401 g/mol. The van der Waals surface area contributed by atoms with Crippen LogP contribution in [-0.4, -0.2) is 55.7 Å². The summed E-state index contributed by atoms with van der Waals surface area (Å²) < 4.78 is 18.8. The van der Waals surface area contributed by atoms with Crippen LogP contribution in [0.2, 0.25) is 0 Å². The molecule has 0 radical (unpaired) electrons. The van der Waals surface area contributed by atoms with Crippen molar-refractivity contribution in [2.45, 2.75) is 45.4 Å². The highest BCUT2D eigenvalue weighted by molar-refractivity contribution is 5.43. The van der Waals surface area contributed by atoms with Gasteiger partial charge in [-0.3, -0.25) is 4.90 Å². The Hall–Kier alpha value is -2.42. The van der Waals surface area contributed by atoms with Crippen LogP contribution in [0, 0.1) is 24.1 Å². The molecule has 0 saturated carbocycles. The predicted molar refractivity (Wildman–Crippen MR) is 128 cm³/mol. The van der Waals surface area contributed by atoms with Gasteiger partial charge >= 0.3 is 0 Å². The summed E-state index contributed by atoms with van der Waals surface area (Å²) in [6.07, 6.45) is 4.89. The summed E-state index contributed by atoms with van der Waals surface area (Å²) in [5, 5.41) is 9.45. The first-order valence-corrected chi connectivity index (χ1v) is 11.9. The standard InChI is InChI=1S/C27H36FN3O/c1-3-4-5-7-24(27-9-6-8-23(20-29)22(27)2)21-31-16-14-30(15-17-31)18-19-32-26-12-10-25(28)11-13-26/h6,8-13,24H,3-5,7,14-19,21H2,1-2H3. The topological polar surface area (TPSA) is 39.5 Å². The lowest BCUT2D eigenvalue weighted by Gasteiger charge is -2.37. The minimum atomic E-state index is -0.240. The number of benzene rings is 2. The Morgan fingerprint density at radius 1 is 1.03 bits per heavy atom. The third-order valence-electron chi connectivity index (χ3n) is 6.53. The van der Waals surface area contributed by atoms with Crippen LogP contribution >= 0.6 is 0 Å². The van der Waals surface area contributed by atoms with E-state index in [0.29, 0.717) is 12.5 Å². The molecule has 172 valence electrons. The predicted octanol–water partition coefficient (Wildman–Crippen LogP) is 5.37. The molecule has 2 aromatic carbocycles. The van der Waals surface area contributed by atoms with Crippen molar-refractivity contribution in [2.75, 3.05) is 45.9 Å². The highest BCUT2D eigenvalue weighted by Gasteiger charge is 2.22. The minimum absolute atomic E-state index is 0.240. The number of hydrogen-bond acceptors (Lipinski definition) is 4. The Bertz CT molecular complexity index is 869. The van der Waals surface area contributed by atoms with Crippen LogP contribution in [0.1, 0.15) is 55.2 Å². The van der Waals surface area contributed by atoms with Gasteiger partial charge in [-0.25, -0.2) is 4.39 Å². The van der Waals surface area contributed by atoms with E-state index in [1.807, 2.05) is 12.1 Å². The van der Waals surface area contributed by atoms with Crippen molar-refractivity contribution < 1.29 is 9.13 Å². The zero-order valence-electron chi connectivity index (χ0n) is 19.5. The number of unbranched alkanes of at least 4 members (excludes halogenated alkanes) is 2. The Morgan fingerprint density at radius 2 is 1.75 bits per heavy atom. The highest BCUT2D eigenvalue weighted by Crippen LogP contribution is 2.28. The molecule has 0 aliphatic carbocycles. The van der Waals surface area contributed by atoms with E-state index in [-0.39, 0.29) is 5.82 Å². The van der Waals surface area contributed by atoms with Gasteiger partial charge in [0, 0.05) is 39.3 Å². The van der Waals surface area contributed by atoms with Crippen molar-refractivity contribution in [1.29, 1.82) is 5.26 Å². The lowest BCUT2D eigenvalue weighted by atomic mass is 9.87. The first-order chi connectivity index (χ1) is 15.6. The molecule has 1 fully saturated rings. The Balaban J connectivity index is 1.50. The van der Waals surface area contributed by atoms with Crippen LogP contribution < -0.4 is 4.74 Å². The van der Waals surface area contributed by atoms with Crippen molar-refractivity contribution in [2.24, 2.45) is 0 Å². The van der Waals surface area contributed by atoms with E-state index in [1.165, 1.54) is 43.4 Å². The number of halogens is 1. The maximum Gasteiger partial charge on any atom is 0.123 e. The Morgan fingerprint density at radius 3 is 2.44 bits per heavy atom. The fourth-order valence-electron chi connectivity index (χ4n) is 4.53. The lowest BCUT2D eigenvalue weighted by Crippen LogP contribution is -2.48. The molecule has 32 heavy (non-hydrogen) atoms. The molecule has 0 spiro atoms. The van der Waals surface area contributed by atoms with Crippen LogP contribution in [0.5, 0.6) is 5.75 Å². The van der Waals surface area contributed by atoms with Gasteiger partial charge in [-0.2, -0.15) is 5.26 Å². The van der Waals surface area contributed by atoms with Gasteiger partial charge in [0.05, 0.1) is 11.6 Å². The molecule has 4 nitrogen and oxygen atoms in total. The first kappa shape index (κ1) is 24.2. The largest absolute Gasteiger partial charge is 0.492 e. The van der Waals surface area contributed by atoms with E-state index in [0.717, 1.165) is 56.1 Å². The molecule has 1 aliphatic heterocycles.